The molecule has 0 bridgehead atoms. The highest BCUT2D eigenvalue weighted by molar-refractivity contribution is 6.42. The van der Waals surface area contributed by atoms with E-state index in [0.29, 0.717) is 35.5 Å². The Morgan fingerprint density at radius 2 is 1.88 bits per heavy atom. The van der Waals surface area contributed by atoms with Crippen LogP contribution in [0.4, 0.5) is 4.79 Å². The standard InChI is InChI=1S/C19H27Cl2N3O2/c1-13(14-9-10-16(20)17(21)12-14)23-18(25)8-5-11-22-19(26)24-15-6-3-2-4-7-15/h9-10,12-13,15H,2-8,11H2,1H3,(H,23,25)(H2,22,24,26). The number of benzene rings is 1. The van der Waals surface area contributed by atoms with Crippen LogP contribution in [-0.4, -0.2) is 24.5 Å². The Kier molecular flexibility index (Phi) is 8.52. The molecule has 3 N–H and O–H groups in total. The normalized spacial score (nSPS) is 16.0. The largest absolute Gasteiger partial charge is 0.350 e. The third-order valence-corrected chi connectivity index (χ3v) is 5.37. The fraction of sp³-hybridized carbons (Fsp3) is 0.579. The average molecular weight is 400 g/mol. The highest BCUT2D eigenvalue weighted by atomic mass is 35.5. The smallest absolute Gasteiger partial charge is 0.315 e. The molecular formula is C19H27Cl2N3O2. The minimum absolute atomic E-state index is 0.0574. The highest BCUT2D eigenvalue weighted by Gasteiger charge is 2.15. The maximum Gasteiger partial charge on any atom is 0.315 e. The molecule has 1 aromatic carbocycles. The molecule has 3 amide bonds. The van der Waals surface area contributed by atoms with Gasteiger partial charge in [-0.1, -0.05) is 48.5 Å². The van der Waals surface area contributed by atoms with Crippen molar-refractivity contribution >= 4 is 35.1 Å². The van der Waals surface area contributed by atoms with Crippen molar-refractivity contribution in [3.05, 3.63) is 33.8 Å². The van der Waals surface area contributed by atoms with Crippen molar-refractivity contribution in [1.82, 2.24) is 16.0 Å². The second-order valence-electron chi connectivity index (χ2n) is 6.80. The second-order valence-corrected chi connectivity index (χ2v) is 7.62. The summed E-state index contributed by atoms with van der Waals surface area (Å²) in [5.74, 6) is -0.0574. The first-order chi connectivity index (χ1) is 12.5. The lowest BCUT2D eigenvalue weighted by Crippen LogP contribution is -2.43. The third-order valence-electron chi connectivity index (χ3n) is 4.63. The quantitative estimate of drug-likeness (QED) is 0.587. The van der Waals surface area contributed by atoms with Gasteiger partial charge < -0.3 is 16.0 Å². The van der Waals surface area contributed by atoms with E-state index in [9.17, 15) is 9.59 Å². The van der Waals surface area contributed by atoms with Crippen molar-refractivity contribution < 1.29 is 9.59 Å². The van der Waals surface area contributed by atoms with Crippen molar-refractivity contribution in [3.63, 3.8) is 0 Å². The molecule has 1 atom stereocenters. The summed E-state index contributed by atoms with van der Waals surface area (Å²) in [7, 11) is 0. The second kappa shape index (κ2) is 10.6. The topological polar surface area (TPSA) is 70.2 Å². The van der Waals surface area contributed by atoms with Crippen molar-refractivity contribution in [2.75, 3.05) is 6.54 Å². The van der Waals surface area contributed by atoms with Crippen LogP contribution in [0.2, 0.25) is 10.0 Å². The van der Waals surface area contributed by atoms with Gasteiger partial charge in [-0.05, 0) is 43.9 Å². The number of hydrogen-bond acceptors (Lipinski definition) is 2. The Morgan fingerprint density at radius 1 is 1.15 bits per heavy atom. The summed E-state index contributed by atoms with van der Waals surface area (Å²) < 4.78 is 0. The van der Waals surface area contributed by atoms with Crippen LogP contribution in [0.15, 0.2) is 18.2 Å². The van der Waals surface area contributed by atoms with Gasteiger partial charge in [-0.15, -0.1) is 0 Å². The van der Waals surface area contributed by atoms with Crippen LogP contribution in [0, 0.1) is 0 Å². The fourth-order valence-corrected chi connectivity index (χ4v) is 3.42. The van der Waals surface area contributed by atoms with Gasteiger partial charge in [-0.2, -0.15) is 0 Å². The molecule has 1 aliphatic carbocycles. The molecule has 1 fully saturated rings. The zero-order valence-electron chi connectivity index (χ0n) is 15.1. The van der Waals surface area contributed by atoms with Crippen LogP contribution < -0.4 is 16.0 Å². The molecule has 0 radical (unpaired) electrons. The minimum atomic E-state index is -0.153. The highest BCUT2D eigenvalue weighted by Crippen LogP contribution is 2.25. The number of rotatable bonds is 7. The summed E-state index contributed by atoms with van der Waals surface area (Å²) in [6, 6.07) is 5.32. The SMILES string of the molecule is CC(NC(=O)CCCNC(=O)NC1CCCCC1)c1ccc(Cl)c(Cl)c1. The fourth-order valence-electron chi connectivity index (χ4n) is 3.11. The van der Waals surface area contributed by atoms with Crippen LogP contribution in [0.25, 0.3) is 0 Å². The number of halogens is 2. The first-order valence-electron chi connectivity index (χ1n) is 9.24. The summed E-state index contributed by atoms with van der Waals surface area (Å²) in [4.78, 5) is 23.9. The van der Waals surface area contributed by atoms with Crippen LogP contribution in [0.1, 0.15) is 63.5 Å². The van der Waals surface area contributed by atoms with Crippen LogP contribution >= 0.6 is 23.2 Å². The van der Waals surface area contributed by atoms with E-state index >= 15 is 0 Å². The van der Waals surface area contributed by atoms with Gasteiger partial charge in [0, 0.05) is 19.0 Å². The van der Waals surface area contributed by atoms with Crippen molar-refractivity contribution in [3.8, 4) is 0 Å². The Bertz CT molecular complexity index is 619. The van der Waals surface area contributed by atoms with Crippen molar-refractivity contribution in [2.45, 2.75) is 64.0 Å². The van der Waals surface area contributed by atoms with Crippen LogP contribution in [-0.2, 0) is 4.79 Å². The van der Waals surface area contributed by atoms with Crippen LogP contribution in [0.5, 0.6) is 0 Å². The number of nitrogens with one attached hydrogen (secondary N) is 3. The van der Waals surface area contributed by atoms with E-state index in [4.69, 9.17) is 23.2 Å². The Labute approximate surface area is 165 Å². The van der Waals surface area contributed by atoms with Crippen molar-refractivity contribution in [2.24, 2.45) is 0 Å². The Hall–Kier alpha value is -1.46. The first kappa shape index (κ1) is 20.8. The Morgan fingerprint density at radius 3 is 2.58 bits per heavy atom. The molecular weight excluding hydrogens is 373 g/mol. The molecule has 144 valence electrons. The maximum absolute atomic E-state index is 12.0. The molecule has 0 saturated heterocycles. The summed E-state index contributed by atoms with van der Waals surface area (Å²) >= 11 is 11.9. The molecule has 0 aliphatic heterocycles. The molecule has 0 aromatic heterocycles. The van der Waals surface area contributed by atoms with Gasteiger partial charge in [-0.3, -0.25) is 4.79 Å². The molecule has 1 unspecified atom stereocenters. The summed E-state index contributed by atoms with van der Waals surface area (Å²) in [6.07, 6.45) is 6.69. The number of amides is 3. The molecule has 2 rings (SSSR count). The van der Waals surface area contributed by atoms with Crippen LogP contribution in [0.3, 0.4) is 0 Å². The molecule has 1 aliphatic rings. The van der Waals surface area contributed by atoms with Gasteiger partial charge >= 0.3 is 6.03 Å². The number of hydrogen-bond donors (Lipinski definition) is 3. The monoisotopic (exact) mass is 399 g/mol. The third kappa shape index (κ3) is 7.04. The van der Waals surface area contributed by atoms with E-state index < -0.39 is 0 Å². The lowest BCUT2D eigenvalue weighted by atomic mass is 9.96. The minimum Gasteiger partial charge on any atom is -0.350 e. The number of carbonyl (C=O) groups is 2. The summed E-state index contributed by atoms with van der Waals surface area (Å²) in [6.45, 7) is 2.38. The maximum atomic E-state index is 12.0. The van der Waals surface area contributed by atoms with E-state index in [-0.39, 0.29) is 18.0 Å². The number of urea groups is 1. The number of carbonyl (C=O) groups excluding carboxylic acids is 2. The van der Waals surface area contributed by atoms with Gasteiger partial charge in [0.1, 0.15) is 0 Å². The lowest BCUT2D eigenvalue weighted by Gasteiger charge is -2.22. The summed E-state index contributed by atoms with van der Waals surface area (Å²) in [5, 5.41) is 9.71. The molecule has 1 aromatic rings. The molecule has 5 nitrogen and oxygen atoms in total. The van der Waals surface area contributed by atoms with E-state index in [1.165, 1.54) is 19.3 Å². The van der Waals surface area contributed by atoms with E-state index in [0.717, 1.165) is 18.4 Å². The zero-order chi connectivity index (χ0) is 18.9. The predicted molar refractivity (Wildman–Crippen MR) is 106 cm³/mol. The van der Waals surface area contributed by atoms with Gasteiger partial charge in [-0.25, -0.2) is 4.79 Å². The van der Waals surface area contributed by atoms with Crippen molar-refractivity contribution in [1.29, 1.82) is 0 Å². The van der Waals surface area contributed by atoms with Gasteiger partial charge in [0.2, 0.25) is 5.91 Å². The lowest BCUT2D eigenvalue weighted by molar-refractivity contribution is -0.121. The van der Waals surface area contributed by atoms with E-state index in [1.54, 1.807) is 12.1 Å². The Balaban J connectivity index is 1.62. The van der Waals surface area contributed by atoms with E-state index in [1.807, 2.05) is 13.0 Å². The zero-order valence-corrected chi connectivity index (χ0v) is 16.6. The van der Waals surface area contributed by atoms with Gasteiger partial charge in [0.25, 0.3) is 0 Å². The first-order valence-corrected chi connectivity index (χ1v) is 10.00. The molecule has 0 heterocycles. The summed E-state index contributed by atoms with van der Waals surface area (Å²) in [5.41, 5.74) is 0.901. The molecule has 7 heteroatoms. The molecule has 1 saturated carbocycles. The molecule has 0 spiro atoms. The average Bonchev–Trinajstić information content (AvgIpc) is 2.62. The van der Waals surface area contributed by atoms with E-state index in [2.05, 4.69) is 16.0 Å². The van der Waals surface area contributed by atoms with Gasteiger partial charge in [0.05, 0.1) is 16.1 Å². The van der Waals surface area contributed by atoms with Gasteiger partial charge in [0.15, 0.2) is 0 Å². The predicted octanol–water partition coefficient (Wildman–Crippen LogP) is 4.58. The molecule has 26 heavy (non-hydrogen) atoms.